The maximum atomic E-state index is 4.85. The van der Waals surface area contributed by atoms with Gasteiger partial charge >= 0.3 is 0 Å². The van der Waals surface area contributed by atoms with Crippen molar-refractivity contribution in [1.29, 1.82) is 0 Å². The van der Waals surface area contributed by atoms with Gasteiger partial charge in [-0.1, -0.05) is 42.5 Å². The van der Waals surface area contributed by atoms with Gasteiger partial charge < -0.3 is 0 Å². The van der Waals surface area contributed by atoms with E-state index in [9.17, 15) is 0 Å². The SMILES string of the molecule is Cc1cc2c(cn1)C(=Nc1ccccc1)c1ccccc1-2. The zero-order chi connectivity index (χ0) is 14.2. The Balaban J connectivity index is 1.99. The van der Waals surface area contributed by atoms with Crippen LogP contribution in [-0.2, 0) is 0 Å². The molecule has 1 heterocycles. The minimum Gasteiger partial charge on any atom is -0.261 e. The summed E-state index contributed by atoms with van der Waals surface area (Å²) in [5, 5.41) is 0. The number of benzene rings is 2. The third kappa shape index (κ3) is 1.96. The lowest BCUT2D eigenvalue weighted by Gasteiger charge is -2.02. The Kier molecular flexibility index (Phi) is 2.68. The van der Waals surface area contributed by atoms with Crippen molar-refractivity contribution in [2.75, 3.05) is 0 Å². The molecule has 0 radical (unpaired) electrons. The normalized spacial score (nSPS) is 14.0. The number of aromatic nitrogens is 1. The van der Waals surface area contributed by atoms with Crippen LogP contribution in [0.2, 0.25) is 0 Å². The Morgan fingerprint density at radius 2 is 1.48 bits per heavy atom. The molecule has 2 aromatic carbocycles. The van der Waals surface area contributed by atoms with Crippen LogP contribution < -0.4 is 0 Å². The summed E-state index contributed by atoms with van der Waals surface area (Å²) in [6.07, 6.45) is 1.94. The van der Waals surface area contributed by atoms with Gasteiger partial charge in [-0.2, -0.15) is 0 Å². The molecule has 0 aliphatic heterocycles. The van der Waals surface area contributed by atoms with Gasteiger partial charge in [0.1, 0.15) is 0 Å². The number of hydrogen-bond donors (Lipinski definition) is 0. The molecular weight excluding hydrogens is 256 g/mol. The molecule has 0 fully saturated rings. The molecule has 0 saturated carbocycles. The van der Waals surface area contributed by atoms with Crippen LogP contribution in [-0.4, -0.2) is 10.7 Å². The molecule has 2 heteroatoms. The van der Waals surface area contributed by atoms with Crippen LogP contribution in [0, 0.1) is 6.92 Å². The number of rotatable bonds is 1. The van der Waals surface area contributed by atoms with Crippen molar-refractivity contribution in [2.45, 2.75) is 6.92 Å². The lowest BCUT2D eigenvalue weighted by Crippen LogP contribution is -1.98. The number of para-hydroxylation sites is 1. The van der Waals surface area contributed by atoms with Crippen molar-refractivity contribution in [3.8, 4) is 11.1 Å². The second-order valence-corrected chi connectivity index (χ2v) is 5.21. The van der Waals surface area contributed by atoms with E-state index >= 15 is 0 Å². The monoisotopic (exact) mass is 270 g/mol. The predicted octanol–water partition coefficient (Wildman–Crippen LogP) is 4.54. The summed E-state index contributed by atoms with van der Waals surface area (Å²) >= 11 is 0. The number of aryl methyl sites for hydroxylation is 1. The molecule has 0 amide bonds. The molecule has 0 atom stereocenters. The Morgan fingerprint density at radius 3 is 2.29 bits per heavy atom. The van der Waals surface area contributed by atoms with Crippen molar-refractivity contribution in [3.63, 3.8) is 0 Å². The molecule has 1 aliphatic carbocycles. The van der Waals surface area contributed by atoms with Gasteiger partial charge in [-0.3, -0.25) is 4.98 Å². The third-order valence-corrected chi connectivity index (χ3v) is 3.77. The van der Waals surface area contributed by atoms with E-state index in [0.717, 1.165) is 22.7 Å². The van der Waals surface area contributed by atoms with Gasteiger partial charge in [0, 0.05) is 23.0 Å². The number of fused-ring (bicyclic) bond motifs is 3. The Hall–Kier alpha value is -2.74. The van der Waals surface area contributed by atoms with Gasteiger partial charge in [0.2, 0.25) is 0 Å². The fraction of sp³-hybridized carbons (Fsp3) is 0.0526. The number of pyridine rings is 1. The maximum Gasteiger partial charge on any atom is 0.0809 e. The first-order valence-corrected chi connectivity index (χ1v) is 7.03. The highest BCUT2D eigenvalue weighted by Crippen LogP contribution is 2.37. The summed E-state index contributed by atoms with van der Waals surface area (Å²) < 4.78 is 0. The Labute approximate surface area is 123 Å². The van der Waals surface area contributed by atoms with E-state index in [1.165, 1.54) is 16.7 Å². The third-order valence-electron chi connectivity index (χ3n) is 3.77. The highest BCUT2D eigenvalue weighted by molar-refractivity contribution is 6.25. The van der Waals surface area contributed by atoms with E-state index < -0.39 is 0 Å². The second kappa shape index (κ2) is 4.67. The van der Waals surface area contributed by atoms with Gasteiger partial charge in [0.15, 0.2) is 0 Å². The number of hydrogen-bond acceptors (Lipinski definition) is 2. The minimum absolute atomic E-state index is 0.968. The summed E-state index contributed by atoms with van der Waals surface area (Å²) in [4.78, 5) is 9.29. The smallest absolute Gasteiger partial charge is 0.0809 e. The fourth-order valence-electron chi connectivity index (χ4n) is 2.79. The first kappa shape index (κ1) is 12.0. The van der Waals surface area contributed by atoms with E-state index in [0.29, 0.717) is 0 Å². The Bertz CT molecular complexity index is 848. The zero-order valence-corrected chi connectivity index (χ0v) is 11.7. The molecule has 1 aromatic heterocycles. The van der Waals surface area contributed by atoms with Crippen LogP contribution in [0.3, 0.4) is 0 Å². The standard InChI is InChI=1S/C19H14N2/c1-13-11-17-15-9-5-6-10-16(15)19(18(17)12-20-13)21-14-7-3-2-4-8-14/h2-12H,1H3. The van der Waals surface area contributed by atoms with Crippen molar-refractivity contribution in [3.05, 3.63) is 83.7 Å². The average Bonchev–Trinajstić information content (AvgIpc) is 2.82. The first-order chi connectivity index (χ1) is 10.3. The lowest BCUT2D eigenvalue weighted by molar-refractivity contribution is 1.20. The summed E-state index contributed by atoms with van der Waals surface area (Å²) in [6.45, 7) is 2.02. The predicted molar refractivity (Wildman–Crippen MR) is 86.2 cm³/mol. The molecular formula is C19H14N2. The van der Waals surface area contributed by atoms with E-state index in [-0.39, 0.29) is 0 Å². The minimum atomic E-state index is 0.968. The number of nitrogens with zero attached hydrogens (tertiary/aromatic N) is 2. The van der Waals surface area contributed by atoms with Gasteiger partial charge in [-0.25, -0.2) is 4.99 Å². The van der Waals surface area contributed by atoms with Crippen LogP contribution in [0.4, 0.5) is 5.69 Å². The van der Waals surface area contributed by atoms with E-state index in [1.807, 2.05) is 43.5 Å². The maximum absolute atomic E-state index is 4.85. The van der Waals surface area contributed by atoms with Crippen molar-refractivity contribution in [1.82, 2.24) is 4.98 Å². The van der Waals surface area contributed by atoms with E-state index in [1.54, 1.807) is 0 Å². The molecule has 1 aliphatic rings. The second-order valence-electron chi connectivity index (χ2n) is 5.21. The van der Waals surface area contributed by atoms with Gasteiger partial charge in [0.05, 0.1) is 11.4 Å². The van der Waals surface area contributed by atoms with Crippen molar-refractivity contribution in [2.24, 2.45) is 4.99 Å². The van der Waals surface area contributed by atoms with E-state index in [4.69, 9.17) is 4.99 Å². The van der Waals surface area contributed by atoms with Crippen LogP contribution in [0.5, 0.6) is 0 Å². The van der Waals surface area contributed by atoms with E-state index in [2.05, 4.69) is 35.3 Å². The molecule has 0 spiro atoms. The molecule has 4 rings (SSSR count). The van der Waals surface area contributed by atoms with Crippen molar-refractivity contribution >= 4 is 11.4 Å². The highest BCUT2D eigenvalue weighted by Gasteiger charge is 2.24. The molecule has 0 N–H and O–H groups in total. The van der Waals surface area contributed by atoms with Crippen molar-refractivity contribution < 1.29 is 0 Å². The molecule has 3 aromatic rings. The van der Waals surface area contributed by atoms with Gasteiger partial charge in [-0.05, 0) is 36.2 Å². The summed E-state index contributed by atoms with van der Waals surface area (Å²) in [7, 11) is 0. The van der Waals surface area contributed by atoms with Crippen LogP contribution in [0.25, 0.3) is 11.1 Å². The van der Waals surface area contributed by atoms with Crippen LogP contribution in [0.15, 0.2) is 71.9 Å². The Morgan fingerprint density at radius 1 is 0.762 bits per heavy atom. The van der Waals surface area contributed by atoms with Crippen LogP contribution in [0.1, 0.15) is 16.8 Å². The highest BCUT2D eigenvalue weighted by atomic mass is 14.8. The first-order valence-electron chi connectivity index (χ1n) is 7.03. The average molecular weight is 270 g/mol. The molecule has 0 bridgehead atoms. The summed E-state index contributed by atoms with van der Waals surface area (Å²) in [5.74, 6) is 0. The zero-order valence-electron chi connectivity index (χ0n) is 11.7. The molecule has 0 unspecified atom stereocenters. The van der Waals surface area contributed by atoms with Crippen LogP contribution >= 0.6 is 0 Å². The molecule has 100 valence electrons. The molecule has 21 heavy (non-hydrogen) atoms. The molecule has 0 saturated heterocycles. The van der Waals surface area contributed by atoms with Gasteiger partial charge in [0.25, 0.3) is 0 Å². The largest absolute Gasteiger partial charge is 0.261 e. The summed E-state index contributed by atoms with van der Waals surface area (Å²) in [6, 6.07) is 20.6. The fourth-order valence-corrected chi connectivity index (χ4v) is 2.79. The quantitative estimate of drug-likeness (QED) is 0.498. The topological polar surface area (TPSA) is 25.2 Å². The summed E-state index contributed by atoms with van der Waals surface area (Å²) in [5.41, 5.74) is 7.79. The lowest BCUT2D eigenvalue weighted by atomic mass is 10.1. The number of aliphatic imine (C=N–C) groups is 1. The van der Waals surface area contributed by atoms with Gasteiger partial charge in [-0.15, -0.1) is 0 Å². The molecule has 2 nitrogen and oxygen atoms in total.